The summed E-state index contributed by atoms with van der Waals surface area (Å²) in [6.07, 6.45) is 0.484. The fourth-order valence-electron chi connectivity index (χ4n) is 2.18. The molecule has 2 heterocycles. The van der Waals surface area contributed by atoms with Gasteiger partial charge in [0.25, 0.3) is 5.89 Å². The van der Waals surface area contributed by atoms with Crippen molar-refractivity contribution in [2.24, 2.45) is 0 Å². The van der Waals surface area contributed by atoms with Crippen molar-refractivity contribution >= 4 is 15.5 Å². The molecule has 0 aliphatic carbocycles. The topological polar surface area (TPSA) is 99.1 Å². The average molecular weight is 297 g/mol. The molecule has 1 aromatic heterocycles. The van der Waals surface area contributed by atoms with Crippen LogP contribution >= 0.6 is 0 Å². The van der Waals surface area contributed by atoms with E-state index < -0.39 is 15.7 Å². The molecule has 2 N–H and O–H groups in total. The molecule has 0 radical (unpaired) electrons. The second-order valence-corrected chi connectivity index (χ2v) is 7.02. The van der Waals surface area contributed by atoms with Crippen LogP contribution in [-0.2, 0) is 9.84 Å². The van der Waals surface area contributed by atoms with Crippen molar-refractivity contribution in [3.8, 4) is 11.5 Å². The highest BCUT2D eigenvalue weighted by molar-refractivity contribution is 7.91. The van der Waals surface area contributed by atoms with Crippen LogP contribution in [0.15, 0.2) is 22.7 Å². The van der Waals surface area contributed by atoms with E-state index >= 15 is 0 Å². The summed E-state index contributed by atoms with van der Waals surface area (Å²) in [5.74, 6) is -0.150. The molecule has 6 nitrogen and oxygen atoms in total. The standard InChI is InChI=1S/C12H12FN3O3S/c13-9-5-7(1-2-10(9)14)12-15-11(16-19-12)8-3-4-20(17,18)6-8/h1-2,5,8H,3-4,6,14H2. The SMILES string of the molecule is Nc1ccc(-c2nc(C3CCS(=O)(=O)C3)no2)cc1F. The highest BCUT2D eigenvalue weighted by Crippen LogP contribution is 2.29. The maximum atomic E-state index is 13.4. The Hall–Kier alpha value is -1.96. The van der Waals surface area contributed by atoms with Crippen LogP contribution in [-0.4, -0.2) is 30.1 Å². The van der Waals surface area contributed by atoms with E-state index in [1.54, 1.807) is 6.07 Å². The first-order valence-corrected chi connectivity index (χ1v) is 7.86. The van der Waals surface area contributed by atoms with Gasteiger partial charge in [0.2, 0.25) is 0 Å². The normalized spacial score (nSPS) is 21.1. The predicted molar refractivity (Wildman–Crippen MR) is 70.1 cm³/mol. The molecule has 1 fully saturated rings. The Morgan fingerprint density at radius 3 is 2.85 bits per heavy atom. The molecule has 8 heteroatoms. The van der Waals surface area contributed by atoms with Gasteiger partial charge in [0.1, 0.15) is 5.82 Å². The van der Waals surface area contributed by atoms with Gasteiger partial charge in [-0.1, -0.05) is 5.16 Å². The first-order chi connectivity index (χ1) is 9.44. The lowest BCUT2D eigenvalue weighted by atomic mass is 10.1. The summed E-state index contributed by atoms with van der Waals surface area (Å²) in [6, 6.07) is 4.19. The summed E-state index contributed by atoms with van der Waals surface area (Å²) in [5, 5.41) is 3.79. The minimum Gasteiger partial charge on any atom is -0.396 e. The van der Waals surface area contributed by atoms with Gasteiger partial charge in [-0.05, 0) is 24.6 Å². The van der Waals surface area contributed by atoms with E-state index in [9.17, 15) is 12.8 Å². The number of anilines is 1. The van der Waals surface area contributed by atoms with Crippen LogP contribution in [0.3, 0.4) is 0 Å². The molecule has 1 aliphatic heterocycles. The summed E-state index contributed by atoms with van der Waals surface area (Å²) in [5.41, 5.74) is 5.84. The lowest BCUT2D eigenvalue weighted by Gasteiger charge is -1.99. The number of nitrogens with two attached hydrogens (primary N) is 1. The Morgan fingerprint density at radius 1 is 1.40 bits per heavy atom. The number of sulfone groups is 1. The van der Waals surface area contributed by atoms with Crippen molar-refractivity contribution in [3.63, 3.8) is 0 Å². The van der Waals surface area contributed by atoms with E-state index in [1.165, 1.54) is 12.1 Å². The van der Waals surface area contributed by atoms with E-state index in [2.05, 4.69) is 10.1 Å². The molecule has 20 heavy (non-hydrogen) atoms. The number of hydrogen-bond acceptors (Lipinski definition) is 6. The third kappa shape index (κ3) is 2.38. The third-order valence-corrected chi connectivity index (χ3v) is 5.05. The lowest BCUT2D eigenvalue weighted by Crippen LogP contribution is -2.05. The van der Waals surface area contributed by atoms with Gasteiger partial charge in [0, 0.05) is 11.5 Å². The molecule has 1 saturated heterocycles. The van der Waals surface area contributed by atoms with Crippen LogP contribution in [0.4, 0.5) is 10.1 Å². The van der Waals surface area contributed by atoms with Crippen LogP contribution in [0, 0.1) is 5.82 Å². The van der Waals surface area contributed by atoms with Crippen LogP contribution in [0.1, 0.15) is 18.2 Å². The molecule has 1 unspecified atom stereocenters. The Bertz CT molecular complexity index is 757. The second kappa shape index (κ2) is 4.55. The van der Waals surface area contributed by atoms with Crippen LogP contribution < -0.4 is 5.73 Å². The van der Waals surface area contributed by atoms with Crippen molar-refractivity contribution in [1.82, 2.24) is 10.1 Å². The second-order valence-electron chi connectivity index (χ2n) is 4.79. The van der Waals surface area contributed by atoms with Gasteiger partial charge >= 0.3 is 0 Å². The van der Waals surface area contributed by atoms with E-state index in [1.807, 2.05) is 0 Å². The Morgan fingerprint density at radius 2 is 2.20 bits per heavy atom. The maximum Gasteiger partial charge on any atom is 0.258 e. The molecule has 0 saturated carbocycles. The number of aromatic nitrogens is 2. The van der Waals surface area contributed by atoms with E-state index in [0.717, 1.165) is 0 Å². The zero-order valence-electron chi connectivity index (χ0n) is 10.4. The fourth-order valence-corrected chi connectivity index (χ4v) is 3.92. The molecule has 2 aromatic rings. The molecule has 0 amide bonds. The highest BCUT2D eigenvalue weighted by atomic mass is 32.2. The molecule has 1 aliphatic rings. The van der Waals surface area contributed by atoms with Crippen LogP contribution in [0.5, 0.6) is 0 Å². The Kier molecular flexibility index (Phi) is 2.97. The summed E-state index contributed by atoms with van der Waals surface area (Å²) in [7, 11) is -3.01. The number of rotatable bonds is 2. The number of benzene rings is 1. The number of halogens is 1. The Balaban J connectivity index is 1.89. The maximum absolute atomic E-state index is 13.4. The molecule has 0 spiro atoms. The van der Waals surface area contributed by atoms with Crippen molar-refractivity contribution in [2.45, 2.75) is 12.3 Å². The largest absolute Gasteiger partial charge is 0.396 e. The Labute approximate surface area is 114 Å². The van der Waals surface area contributed by atoms with Crippen LogP contribution in [0.25, 0.3) is 11.5 Å². The van der Waals surface area contributed by atoms with Crippen molar-refractivity contribution in [2.75, 3.05) is 17.2 Å². The minimum atomic E-state index is -3.01. The van der Waals surface area contributed by atoms with E-state index in [-0.39, 0.29) is 29.0 Å². The van der Waals surface area contributed by atoms with E-state index in [4.69, 9.17) is 10.3 Å². The molecular formula is C12H12FN3O3S. The lowest BCUT2D eigenvalue weighted by molar-refractivity contribution is 0.417. The predicted octanol–water partition coefficient (Wildman–Crippen LogP) is 1.36. The van der Waals surface area contributed by atoms with Gasteiger partial charge in [0.15, 0.2) is 15.7 Å². The van der Waals surface area contributed by atoms with E-state index in [0.29, 0.717) is 17.8 Å². The average Bonchev–Trinajstić information content (AvgIpc) is 2.99. The van der Waals surface area contributed by atoms with Crippen molar-refractivity contribution in [3.05, 3.63) is 29.8 Å². The van der Waals surface area contributed by atoms with Gasteiger partial charge in [-0.2, -0.15) is 4.98 Å². The fraction of sp³-hybridized carbons (Fsp3) is 0.333. The molecule has 0 bridgehead atoms. The number of nitrogens with zero attached hydrogens (tertiary/aromatic N) is 2. The summed E-state index contributed by atoms with van der Waals surface area (Å²) < 4.78 is 41.3. The quantitative estimate of drug-likeness (QED) is 0.840. The summed E-state index contributed by atoms with van der Waals surface area (Å²) in [6.45, 7) is 0. The number of nitrogen functional groups attached to an aromatic ring is 1. The molecule has 3 rings (SSSR count). The van der Waals surface area contributed by atoms with Crippen molar-refractivity contribution in [1.29, 1.82) is 0 Å². The summed E-state index contributed by atoms with van der Waals surface area (Å²) in [4.78, 5) is 4.15. The summed E-state index contributed by atoms with van der Waals surface area (Å²) >= 11 is 0. The highest BCUT2D eigenvalue weighted by Gasteiger charge is 2.32. The van der Waals surface area contributed by atoms with Gasteiger partial charge in [0.05, 0.1) is 17.2 Å². The van der Waals surface area contributed by atoms with Crippen LogP contribution in [0.2, 0.25) is 0 Å². The van der Waals surface area contributed by atoms with Gasteiger partial charge in [-0.3, -0.25) is 0 Å². The van der Waals surface area contributed by atoms with Gasteiger partial charge in [-0.15, -0.1) is 0 Å². The molecular weight excluding hydrogens is 285 g/mol. The monoisotopic (exact) mass is 297 g/mol. The van der Waals surface area contributed by atoms with Gasteiger partial charge in [-0.25, -0.2) is 12.8 Å². The third-order valence-electron chi connectivity index (χ3n) is 3.29. The zero-order valence-corrected chi connectivity index (χ0v) is 11.2. The zero-order chi connectivity index (χ0) is 14.3. The molecule has 106 valence electrons. The smallest absolute Gasteiger partial charge is 0.258 e. The first-order valence-electron chi connectivity index (χ1n) is 6.04. The molecule has 1 atom stereocenters. The molecule has 1 aromatic carbocycles. The van der Waals surface area contributed by atoms with Crippen molar-refractivity contribution < 1.29 is 17.3 Å². The first kappa shape index (κ1) is 13.0. The van der Waals surface area contributed by atoms with Gasteiger partial charge < -0.3 is 10.3 Å². The minimum absolute atomic E-state index is 0.0298. The number of hydrogen-bond donors (Lipinski definition) is 1.